The van der Waals surface area contributed by atoms with E-state index in [9.17, 15) is 0 Å². The van der Waals surface area contributed by atoms with E-state index < -0.39 is 0 Å². The van der Waals surface area contributed by atoms with E-state index in [1.54, 1.807) is 0 Å². The second kappa shape index (κ2) is 7.56. The lowest BCUT2D eigenvalue weighted by molar-refractivity contribution is 0.484. The van der Waals surface area contributed by atoms with E-state index >= 15 is 0 Å². The van der Waals surface area contributed by atoms with Gasteiger partial charge in [-0.25, -0.2) is 0 Å². The topological polar surface area (TPSA) is 38.0 Å². The summed E-state index contributed by atoms with van der Waals surface area (Å²) in [6, 6.07) is 0. The van der Waals surface area contributed by atoms with Crippen molar-refractivity contribution in [2.75, 3.05) is 19.6 Å². The molecule has 2 nitrogen and oxygen atoms in total. The molecular formula is C10H24N2. The number of hydrogen-bond acceptors (Lipinski definition) is 2. The van der Waals surface area contributed by atoms with Crippen LogP contribution in [0, 0.1) is 11.8 Å². The van der Waals surface area contributed by atoms with Crippen LogP contribution in [-0.4, -0.2) is 19.6 Å². The molecule has 0 aromatic rings. The van der Waals surface area contributed by atoms with Gasteiger partial charge >= 0.3 is 0 Å². The van der Waals surface area contributed by atoms with Gasteiger partial charge in [0.2, 0.25) is 0 Å². The molecule has 1 atom stereocenters. The van der Waals surface area contributed by atoms with Crippen LogP contribution >= 0.6 is 0 Å². The highest BCUT2D eigenvalue weighted by Gasteiger charge is 1.98. The van der Waals surface area contributed by atoms with Gasteiger partial charge in [0, 0.05) is 0 Å². The molecule has 0 aromatic carbocycles. The lowest BCUT2D eigenvalue weighted by atomic mass is 10.1. The number of nitrogens with two attached hydrogens (primary N) is 1. The molecule has 0 aromatic heterocycles. The smallest absolute Gasteiger partial charge is 0.00459 e. The molecule has 1 unspecified atom stereocenters. The van der Waals surface area contributed by atoms with E-state index in [-0.39, 0.29) is 0 Å². The summed E-state index contributed by atoms with van der Waals surface area (Å²) in [6.45, 7) is 9.78. The van der Waals surface area contributed by atoms with Crippen LogP contribution in [0.4, 0.5) is 0 Å². The molecule has 0 aliphatic heterocycles. The summed E-state index contributed by atoms with van der Waals surface area (Å²) in [5.74, 6) is 1.47. The fourth-order valence-corrected chi connectivity index (χ4v) is 0.982. The largest absolute Gasteiger partial charge is 0.330 e. The standard InChI is InChI=1S/C10H24N2/c1-9(2)4-6-12-7-5-10(3)8-11/h9-10,12H,4-8,11H2,1-3H3. The molecule has 0 spiro atoms. The van der Waals surface area contributed by atoms with Crippen molar-refractivity contribution in [3.8, 4) is 0 Å². The Morgan fingerprint density at radius 3 is 2.17 bits per heavy atom. The third-order valence-corrected chi connectivity index (χ3v) is 2.11. The summed E-state index contributed by atoms with van der Waals surface area (Å²) >= 11 is 0. The van der Waals surface area contributed by atoms with Gasteiger partial charge in [-0.2, -0.15) is 0 Å². The maximum absolute atomic E-state index is 5.51. The Kier molecular flexibility index (Phi) is 7.51. The molecule has 0 saturated carbocycles. The van der Waals surface area contributed by atoms with Crippen LogP contribution in [0.3, 0.4) is 0 Å². The van der Waals surface area contributed by atoms with Crippen LogP contribution in [0.15, 0.2) is 0 Å². The molecule has 2 heteroatoms. The van der Waals surface area contributed by atoms with Gasteiger partial charge in [0.25, 0.3) is 0 Å². The molecule has 0 aliphatic carbocycles. The normalized spacial score (nSPS) is 13.8. The second-order valence-electron chi connectivity index (χ2n) is 4.06. The molecule has 0 amide bonds. The number of hydrogen-bond donors (Lipinski definition) is 2. The fraction of sp³-hybridized carbons (Fsp3) is 1.00. The number of nitrogens with one attached hydrogen (secondary N) is 1. The summed E-state index contributed by atoms with van der Waals surface area (Å²) < 4.78 is 0. The first-order chi connectivity index (χ1) is 5.66. The van der Waals surface area contributed by atoms with Gasteiger partial charge in [-0.05, 0) is 44.3 Å². The minimum Gasteiger partial charge on any atom is -0.330 e. The Hall–Kier alpha value is -0.0800. The van der Waals surface area contributed by atoms with Crippen molar-refractivity contribution in [3.63, 3.8) is 0 Å². The van der Waals surface area contributed by atoms with Crippen molar-refractivity contribution in [2.24, 2.45) is 17.6 Å². The van der Waals surface area contributed by atoms with E-state index in [1.807, 2.05) is 0 Å². The van der Waals surface area contributed by atoms with Gasteiger partial charge in [-0.15, -0.1) is 0 Å². The first-order valence-corrected chi connectivity index (χ1v) is 5.07. The maximum Gasteiger partial charge on any atom is -0.00459 e. The van der Waals surface area contributed by atoms with Gasteiger partial charge < -0.3 is 11.1 Å². The van der Waals surface area contributed by atoms with Crippen molar-refractivity contribution < 1.29 is 0 Å². The Morgan fingerprint density at radius 2 is 1.67 bits per heavy atom. The van der Waals surface area contributed by atoms with Crippen molar-refractivity contribution in [3.05, 3.63) is 0 Å². The lowest BCUT2D eigenvalue weighted by Crippen LogP contribution is -2.22. The van der Waals surface area contributed by atoms with Gasteiger partial charge in [0.05, 0.1) is 0 Å². The van der Waals surface area contributed by atoms with E-state index in [0.717, 1.165) is 25.6 Å². The molecule has 74 valence electrons. The molecule has 0 bridgehead atoms. The highest BCUT2D eigenvalue weighted by Crippen LogP contribution is 1.98. The highest BCUT2D eigenvalue weighted by atomic mass is 14.8. The summed E-state index contributed by atoms with van der Waals surface area (Å²) in [5.41, 5.74) is 5.51. The Morgan fingerprint density at radius 1 is 1.08 bits per heavy atom. The first kappa shape index (κ1) is 11.9. The van der Waals surface area contributed by atoms with Crippen molar-refractivity contribution in [2.45, 2.75) is 33.6 Å². The van der Waals surface area contributed by atoms with Crippen molar-refractivity contribution in [1.82, 2.24) is 5.32 Å². The molecule has 0 aliphatic rings. The third-order valence-electron chi connectivity index (χ3n) is 2.11. The molecule has 0 saturated heterocycles. The van der Waals surface area contributed by atoms with Crippen LogP contribution in [0.1, 0.15) is 33.6 Å². The lowest BCUT2D eigenvalue weighted by Gasteiger charge is -2.09. The molecule has 0 heterocycles. The second-order valence-corrected chi connectivity index (χ2v) is 4.06. The zero-order valence-electron chi connectivity index (χ0n) is 8.77. The monoisotopic (exact) mass is 172 g/mol. The zero-order chi connectivity index (χ0) is 9.40. The zero-order valence-corrected chi connectivity index (χ0v) is 8.77. The van der Waals surface area contributed by atoms with Crippen LogP contribution in [0.5, 0.6) is 0 Å². The fourth-order valence-electron chi connectivity index (χ4n) is 0.982. The Labute approximate surface area is 76.9 Å². The van der Waals surface area contributed by atoms with Crippen molar-refractivity contribution >= 4 is 0 Å². The molecule has 0 radical (unpaired) electrons. The summed E-state index contributed by atoms with van der Waals surface area (Å²) in [4.78, 5) is 0. The van der Waals surface area contributed by atoms with Crippen LogP contribution < -0.4 is 11.1 Å². The molecular weight excluding hydrogens is 148 g/mol. The predicted octanol–water partition coefficient (Wildman–Crippen LogP) is 1.61. The van der Waals surface area contributed by atoms with Crippen LogP contribution in [0.25, 0.3) is 0 Å². The van der Waals surface area contributed by atoms with Gasteiger partial charge in [-0.3, -0.25) is 0 Å². The average Bonchev–Trinajstić information content (AvgIpc) is 2.03. The molecule has 0 fully saturated rings. The van der Waals surface area contributed by atoms with E-state index in [4.69, 9.17) is 5.73 Å². The quantitative estimate of drug-likeness (QED) is 0.573. The average molecular weight is 172 g/mol. The maximum atomic E-state index is 5.51. The van der Waals surface area contributed by atoms with Crippen molar-refractivity contribution in [1.29, 1.82) is 0 Å². The first-order valence-electron chi connectivity index (χ1n) is 5.07. The van der Waals surface area contributed by atoms with Gasteiger partial charge in [0.1, 0.15) is 0 Å². The summed E-state index contributed by atoms with van der Waals surface area (Å²) in [6.07, 6.45) is 2.48. The van der Waals surface area contributed by atoms with Gasteiger partial charge in [0.15, 0.2) is 0 Å². The molecule has 0 rings (SSSR count). The molecule has 3 N–H and O–H groups in total. The summed E-state index contributed by atoms with van der Waals surface area (Å²) in [7, 11) is 0. The Balaban J connectivity index is 3.00. The third kappa shape index (κ3) is 8.02. The Bertz CT molecular complexity index is 91.8. The minimum absolute atomic E-state index is 0.663. The van der Waals surface area contributed by atoms with Crippen LogP contribution in [-0.2, 0) is 0 Å². The van der Waals surface area contributed by atoms with E-state index in [0.29, 0.717) is 5.92 Å². The van der Waals surface area contributed by atoms with Gasteiger partial charge in [-0.1, -0.05) is 20.8 Å². The van der Waals surface area contributed by atoms with E-state index in [2.05, 4.69) is 26.1 Å². The number of rotatable bonds is 7. The molecule has 12 heavy (non-hydrogen) atoms. The minimum atomic E-state index is 0.663. The van der Waals surface area contributed by atoms with E-state index in [1.165, 1.54) is 12.8 Å². The predicted molar refractivity (Wildman–Crippen MR) is 55.2 cm³/mol. The highest BCUT2D eigenvalue weighted by molar-refractivity contribution is 4.56. The summed E-state index contributed by atoms with van der Waals surface area (Å²) in [5, 5.41) is 3.43. The SMILES string of the molecule is CC(C)CCNCCC(C)CN. The van der Waals surface area contributed by atoms with Crippen LogP contribution in [0.2, 0.25) is 0 Å².